The Hall–Kier alpha value is -1.84. The Morgan fingerprint density at radius 2 is 1.88 bits per heavy atom. The lowest BCUT2D eigenvalue weighted by molar-refractivity contribution is 0.375. The highest BCUT2D eigenvalue weighted by atomic mass is 35.5. The lowest BCUT2D eigenvalue weighted by atomic mass is 10.0. The molecule has 132 valence electrons. The maximum Gasteiger partial charge on any atom is 0.124 e. The Kier molecular flexibility index (Phi) is 5.16. The van der Waals surface area contributed by atoms with Crippen molar-refractivity contribution in [1.29, 1.82) is 0 Å². The zero-order chi connectivity index (χ0) is 18.0. The number of nitrogens with zero attached hydrogens (tertiary/aromatic N) is 1. The number of nitrogens with one attached hydrogen (secondary N) is 1. The third kappa shape index (κ3) is 4.05. The van der Waals surface area contributed by atoms with Gasteiger partial charge in [-0.2, -0.15) is 0 Å². The van der Waals surface area contributed by atoms with Gasteiger partial charge in [-0.1, -0.05) is 42.8 Å². The average Bonchev–Trinajstić information content (AvgIpc) is 2.94. The van der Waals surface area contributed by atoms with E-state index in [2.05, 4.69) is 55.1 Å². The molecule has 0 unspecified atom stereocenters. The Morgan fingerprint density at radius 1 is 1.12 bits per heavy atom. The summed E-state index contributed by atoms with van der Waals surface area (Å²) >= 11 is 6.21. The summed E-state index contributed by atoms with van der Waals surface area (Å²) in [6, 6.07) is 12.9. The molecule has 1 N–H and O–H groups in total. The van der Waals surface area contributed by atoms with Gasteiger partial charge < -0.3 is 9.88 Å². The van der Waals surface area contributed by atoms with E-state index in [1.807, 2.05) is 6.07 Å². The molecule has 25 heavy (non-hydrogen) atoms. The second-order valence-electron chi connectivity index (χ2n) is 7.13. The Bertz CT molecular complexity index is 883. The van der Waals surface area contributed by atoms with Crippen LogP contribution < -0.4 is 5.32 Å². The van der Waals surface area contributed by atoms with Crippen LogP contribution in [0.15, 0.2) is 48.7 Å². The molecule has 1 heterocycles. The van der Waals surface area contributed by atoms with E-state index < -0.39 is 0 Å². The van der Waals surface area contributed by atoms with Gasteiger partial charge in [-0.15, -0.1) is 0 Å². The van der Waals surface area contributed by atoms with E-state index in [9.17, 15) is 4.39 Å². The van der Waals surface area contributed by atoms with Gasteiger partial charge in [0.25, 0.3) is 0 Å². The number of halogens is 2. The van der Waals surface area contributed by atoms with Crippen molar-refractivity contribution in [2.24, 2.45) is 0 Å². The summed E-state index contributed by atoms with van der Waals surface area (Å²) in [5, 5.41) is 5.32. The molecular weight excluding hydrogens is 335 g/mol. The molecule has 0 radical (unpaired) electrons. The number of hydrogen-bond donors (Lipinski definition) is 1. The molecule has 0 amide bonds. The van der Waals surface area contributed by atoms with Crippen LogP contribution in [0.5, 0.6) is 0 Å². The van der Waals surface area contributed by atoms with Crippen molar-refractivity contribution in [3.63, 3.8) is 0 Å². The van der Waals surface area contributed by atoms with E-state index in [1.54, 1.807) is 6.07 Å². The molecule has 0 aliphatic carbocycles. The van der Waals surface area contributed by atoms with Crippen molar-refractivity contribution in [3.8, 4) is 0 Å². The van der Waals surface area contributed by atoms with Gasteiger partial charge in [0.2, 0.25) is 0 Å². The first-order valence-electron chi connectivity index (χ1n) is 8.65. The summed E-state index contributed by atoms with van der Waals surface area (Å²) in [5.41, 5.74) is 3.44. The highest BCUT2D eigenvalue weighted by Gasteiger charge is 2.16. The van der Waals surface area contributed by atoms with Crippen molar-refractivity contribution in [2.45, 2.75) is 45.8 Å². The minimum absolute atomic E-state index is 0.101. The molecule has 2 aromatic carbocycles. The number of aromatic nitrogens is 1. The average molecular weight is 359 g/mol. The van der Waals surface area contributed by atoms with Gasteiger partial charge in [0.05, 0.1) is 0 Å². The van der Waals surface area contributed by atoms with E-state index in [0.29, 0.717) is 11.6 Å². The van der Waals surface area contributed by atoms with Gasteiger partial charge in [-0.3, -0.25) is 0 Å². The molecule has 0 aliphatic rings. The standard InChI is InChI=1S/C21H24ClFN2/c1-4-21(2,3)24-12-16-14-25(20-8-6-5-7-18(16)20)13-15-9-10-17(23)11-19(15)22/h5-11,14,24H,4,12-13H2,1-3H3. The zero-order valence-electron chi connectivity index (χ0n) is 14.9. The van der Waals surface area contributed by atoms with Crippen LogP contribution >= 0.6 is 11.6 Å². The van der Waals surface area contributed by atoms with Crippen molar-refractivity contribution in [3.05, 3.63) is 70.6 Å². The number of fused-ring (bicyclic) bond motifs is 1. The summed E-state index contributed by atoms with van der Waals surface area (Å²) < 4.78 is 15.5. The Morgan fingerprint density at radius 3 is 2.60 bits per heavy atom. The van der Waals surface area contributed by atoms with Crippen LogP contribution in [-0.2, 0) is 13.1 Å². The molecule has 2 nitrogen and oxygen atoms in total. The summed E-state index contributed by atoms with van der Waals surface area (Å²) in [6.07, 6.45) is 3.24. The molecule has 1 aromatic heterocycles. The van der Waals surface area contributed by atoms with Gasteiger partial charge in [-0.25, -0.2) is 4.39 Å². The Balaban J connectivity index is 1.93. The highest BCUT2D eigenvalue weighted by Crippen LogP contribution is 2.25. The maximum absolute atomic E-state index is 13.3. The predicted octanol–water partition coefficient (Wildman–Crippen LogP) is 5.76. The van der Waals surface area contributed by atoms with Gasteiger partial charge in [0.15, 0.2) is 0 Å². The SMILES string of the molecule is CCC(C)(C)NCc1cn(Cc2ccc(F)cc2Cl)c2ccccc12. The van der Waals surface area contributed by atoms with Crippen LogP contribution in [0.1, 0.15) is 38.3 Å². The van der Waals surface area contributed by atoms with E-state index in [-0.39, 0.29) is 11.4 Å². The fourth-order valence-corrected chi connectivity index (χ4v) is 3.11. The molecule has 0 bridgehead atoms. The van der Waals surface area contributed by atoms with Gasteiger partial charge in [0.1, 0.15) is 5.82 Å². The van der Waals surface area contributed by atoms with E-state index in [0.717, 1.165) is 24.0 Å². The quantitative estimate of drug-likeness (QED) is 0.592. The summed E-state index contributed by atoms with van der Waals surface area (Å²) in [5.74, 6) is -0.308. The lowest BCUT2D eigenvalue weighted by Gasteiger charge is -2.24. The second-order valence-corrected chi connectivity index (χ2v) is 7.53. The third-order valence-corrected chi connectivity index (χ3v) is 5.22. The van der Waals surface area contributed by atoms with E-state index in [4.69, 9.17) is 11.6 Å². The zero-order valence-corrected chi connectivity index (χ0v) is 15.7. The highest BCUT2D eigenvalue weighted by molar-refractivity contribution is 6.31. The summed E-state index contributed by atoms with van der Waals surface area (Å²) in [6.45, 7) is 8.05. The monoisotopic (exact) mass is 358 g/mol. The molecule has 0 fully saturated rings. The van der Waals surface area contributed by atoms with E-state index in [1.165, 1.54) is 23.1 Å². The minimum Gasteiger partial charge on any atom is -0.343 e. The molecule has 3 aromatic rings. The molecule has 0 atom stereocenters. The molecule has 0 spiro atoms. The molecular formula is C21H24ClFN2. The first-order valence-corrected chi connectivity index (χ1v) is 9.03. The maximum atomic E-state index is 13.3. The van der Waals surface area contributed by atoms with Gasteiger partial charge in [0, 0.05) is 40.8 Å². The van der Waals surface area contributed by atoms with Crippen LogP contribution in [0.4, 0.5) is 4.39 Å². The molecule has 0 aliphatic heterocycles. The van der Waals surface area contributed by atoms with Crippen LogP contribution in [0, 0.1) is 5.82 Å². The van der Waals surface area contributed by atoms with Gasteiger partial charge in [-0.05, 0) is 49.6 Å². The largest absolute Gasteiger partial charge is 0.343 e. The first-order chi connectivity index (χ1) is 11.9. The summed E-state index contributed by atoms with van der Waals surface area (Å²) in [7, 11) is 0. The second kappa shape index (κ2) is 7.19. The number of hydrogen-bond acceptors (Lipinski definition) is 1. The number of para-hydroxylation sites is 1. The van der Waals surface area contributed by atoms with Crippen molar-refractivity contribution < 1.29 is 4.39 Å². The molecule has 0 saturated heterocycles. The van der Waals surface area contributed by atoms with Crippen molar-refractivity contribution >= 4 is 22.5 Å². The van der Waals surface area contributed by atoms with Crippen molar-refractivity contribution in [2.75, 3.05) is 0 Å². The van der Waals surface area contributed by atoms with E-state index >= 15 is 0 Å². The summed E-state index contributed by atoms with van der Waals surface area (Å²) in [4.78, 5) is 0. The number of benzene rings is 2. The topological polar surface area (TPSA) is 17.0 Å². The fourth-order valence-electron chi connectivity index (χ4n) is 2.89. The molecule has 4 heteroatoms. The molecule has 3 rings (SSSR count). The van der Waals surface area contributed by atoms with Crippen LogP contribution in [0.25, 0.3) is 10.9 Å². The number of rotatable bonds is 6. The molecule has 0 saturated carbocycles. The normalized spacial score (nSPS) is 12.0. The fraction of sp³-hybridized carbons (Fsp3) is 0.333. The minimum atomic E-state index is -0.308. The van der Waals surface area contributed by atoms with Crippen LogP contribution in [-0.4, -0.2) is 10.1 Å². The predicted molar refractivity (Wildman–Crippen MR) is 104 cm³/mol. The smallest absolute Gasteiger partial charge is 0.124 e. The Labute approximate surface area is 153 Å². The third-order valence-electron chi connectivity index (χ3n) is 4.87. The van der Waals surface area contributed by atoms with Crippen molar-refractivity contribution in [1.82, 2.24) is 9.88 Å². The van der Waals surface area contributed by atoms with Crippen LogP contribution in [0.2, 0.25) is 5.02 Å². The van der Waals surface area contributed by atoms with Crippen LogP contribution in [0.3, 0.4) is 0 Å². The lowest BCUT2D eigenvalue weighted by Crippen LogP contribution is -2.37. The first kappa shape index (κ1) is 18.0. The van der Waals surface area contributed by atoms with Gasteiger partial charge >= 0.3 is 0 Å².